The molecular formula is C15H23NO2. The van der Waals surface area contributed by atoms with Crippen molar-refractivity contribution in [2.24, 2.45) is 5.92 Å². The largest absolute Gasteiger partial charge is 0.399 e. The third-order valence-electron chi connectivity index (χ3n) is 3.75. The second-order valence-electron chi connectivity index (χ2n) is 5.40. The number of anilines is 1. The first-order valence-corrected chi connectivity index (χ1v) is 6.80. The quantitative estimate of drug-likeness (QED) is 0.807. The Morgan fingerprint density at radius 3 is 2.72 bits per heavy atom. The van der Waals surface area contributed by atoms with Gasteiger partial charge in [-0.2, -0.15) is 0 Å². The molecule has 18 heavy (non-hydrogen) atoms. The molecule has 0 aliphatic heterocycles. The Morgan fingerprint density at radius 2 is 2.06 bits per heavy atom. The van der Waals surface area contributed by atoms with Crippen molar-refractivity contribution in [3.8, 4) is 0 Å². The molecule has 1 aliphatic rings. The third kappa shape index (κ3) is 3.72. The molecule has 3 N–H and O–H groups in total. The van der Waals surface area contributed by atoms with Crippen LogP contribution in [0.1, 0.15) is 44.3 Å². The number of aliphatic hydroxyl groups is 1. The van der Waals surface area contributed by atoms with E-state index in [9.17, 15) is 5.11 Å². The van der Waals surface area contributed by atoms with Crippen molar-refractivity contribution in [1.29, 1.82) is 0 Å². The van der Waals surface area contributed by atoms with Gasteiger partial charge in [-0.15, -0.1) is 0 Å². The molecule has 1 aromatic carbocycles. The summed E-state index contributed by atoms with van der Waals surface area (Å²) in [7, 11) is 0. The van der Waals surface area contributed by atoms with Gasteiger partial charge in [-0.1, -0.05) is 19.1 Å². The van der Waals surface area contributed by atoms with Gasteiger partial charge < -0.3 is 15.6 Å². The van der Waals surface area contributed by atoms with Crippen LogP contribution in [-0.2, 0) is 4.74 Å². The lowest BCUT2D eigenvalue weighted by atomic mass is 9.89. The van der Waals surface area contributed by atoms with Gasteiger partial charge in [0.15, 0.2) is 0 Å². The van der Waals surface area contributed by atoms with Crippen molar-refractivity contribution in [2.45, 2.75) is 44.8 Å². The van der Waals surface area contributed by atoms with Crippen LogP contribution in [0.2, 0.25) is 0 Å². The molecule has 100 valence electrons. The lowest BCUT2D eigenvalue weighted by Gasteiger charge is -2.27. The van der Waals surface area contributed by atoms with Crippen LogP contribution in [0.5, 0.6) is 0 Å². The molecule has 1 atom stereocenters. The molecule has 1 aliphatic carbocycles. The number of hydrogen-bond donors (Lipinski definition) is 2. The number of rotatable bonds is 4. The predicted molar refractivity (Wildman–Crippen MR) is 73.2 cm³/mol. The Morgan fingerprint density at radius 1 is 1.33 bits per heavy atom. The first-order chi connectivity index (χ1) is 8.65. The van der Waals surface area contributed by atoms with Crippen LogP contribution in [0, 0.1) is 5.92 Å². The van der Waals surface area contributed by atoms with Gasteiger partial charge in [0.05, 0.1) is 12.7 Å². The molecule has 0 heterocycles. The summed E-state index contributed by atoms with van der Waals surface area (Å²) in [5.41, 5.74) is 7.21. The highest BCUT2D eigenvalue weighted by molar-refractivity contribution is 5.41. The summed E-state index contributed by atoms with van der Waals surface area (Å²) in [5, 5.41) is 10.0. The molecule has 0 radical (unpaired) electrons. The second kappa shape index (κ2) is 6.21. The van der Waals surface area contributed by atoms with Gasteiger partial charge in [-0.05, 0) is 49.3 Å². The van der Waals surface area contributed by atoms with Crippen LogP contribution in [0.25, 0.3) is 0 Å². The van der Waals surface area contributed by atoms with Crippen LogP contribution >= 0.6 is 0 Å². The number of nitrogen functional groups attached to an aromatic ring is 1. The van der Waals surface area contributed by atoms with Crippen molar-refractivity contribution in [2.75, 3.05) is 12.3 Å². The Kier molecular flexibility index (Phi) is 4.61. The summed E-state index contributed by atoms with van der Waals surface area (Å²) in [5.74, 6) is 0.823. The van der Waals surface area contributed by atoms with E-state index in [1.807, 2.05) is 18.2 Å². The topological polar surface area (TPSA) is 55.5 Å². The normalized spacial score (nSPS) is 25.9. The maximum absolute atomic E-state index is 10.0. The summed E-state index contributed by atoms with van der Waals surface area (Å²) >= 11 is 0. The predicted octanol–water partition coefficient (Wildman–Crippen LogP) is 2.90. The zero-order valence-electron chi connectivity index (χ0n) is 11.0. The zero-order chi connectivity index (χ0) is 13.0. The minimum atomic E-state index is -0.576. The maximum atomic E-state index is 10.0. The Bertz CT molecular complexity index is 373. The molecule has 3 nitrogen and oxygen atoms in total. The summed E-state index contributed by atoms with van der Waals surface area (Å²) < 4.78 is 5.80. The van der Waals surface area contributed by atoms with E-state index in [0.717, 1.165) is 24.3 Å². The zero-order valence-corrected chi connectivity index (χ0v) is 11.0. The Balaban J connectivity index is 1.79. The van der Waals surface area contributed by atoms with E-state index in [-0.39, 0.29) is 0 Å². The lowest BCUT2D eigenvalue weighted by Crippen LogP contribution is -2.22. The number of nitrogens with two attached hydrogens (primary N) is 1. The van der Waals surface area contributed by atoms with E-state index in [0.29, 0.717) is 18.4 Å². The first kappa shape index (κ1) is 13.4. The van der Waals surface area contributed by atoms with Gasteiger partial charge >= 0.3 is 0 Å². The Hall–Kier alpha value is -1.06. The monoisotopic (exact) mass is 249 g/mol. The molecule has 2 rings (SSSR count). The molecule has 0 aromatic heterocycles. The second-order valence-corrected chi connectivity index (χ2v) is 5.40. The molecule has 0 saturated heterocycles. The van der Waals surface area contributed by atoms with Crippen LogP contribution in [0.3, 0.4) is 0 Å². The summed E-state index contributed by atoms with van der Waals surface area (Å²) in [4.78, 5) is 0. The molecule has 1 unspecified atom stereocenters. The number of benzene rings is 1. The van der Waals surface area contributed by atoms with Gasteiger partial charge in [0, 0.05) is 5.69 Å². The molecule has 1 saturated carbocycles. The molecule has 0 amide bonds. The highest BCUT2D eigenvalue weighted by atomic mass is 16.5. The summed E-state index contributed by atoms with van der Waals surface area (Å²) in [6, 6.07) is 7.36. The molecule has 0 spiro atoms. The van der Waals surface area contributed by atoms with Gasteiger partial charge in [0.2, 0.25) is 0 Å². The highest BCUT2D eigenvalue weighted by Crippen LogP contribution is 2.26. The van der Waals surface area contributed by atoms with Crippen molar-refractivity contribution in [3.05, 3.63) is 29.8 Å². The van der Waals surface area contributed by atoms with Crippen LogP contribution in [0.15, 0.2) is 24.3 Å². The molecule has 1 fully saturated rings. The average Bonchev–Trinajstić information content (AvgIpc) is 2.38. The first-order valence-electron chi connectivity index (χ1n) is 6.80. The number of ether oxygens (including phenoxy) is 1. The molecule has 1 aromatic rings. The van der Waals surface area contributed by atoms with E-state index in [4.69, 9.17) is 10.5 Å². The summed E-state index contributed by atoms with van der Waals surface area (Å²) in [6.07, 6.45) is 4.44. The van der Waals surface area contributed by atoms with Gasteiger partial charge in [0.25, 0.3) is 0 Å². The van der Waals surface area contributed by atoms with Crippen molar-refractivity contribution in [3.63, 3.8) is 0 Å². The van der Waals surface area contributed by atoms with Gasteiger partial charge in [0.1, 0.15) is 6.10 Å². The van der Waals surface area contributed by atoms with E-state index >= 15 is 0 Å². The van der Waals surface area contributed by atoms with Gasteiger partial charge in [-0.3, -0.25) is 0 Å². The van der Waals surface area contributed by atoms with Crippen LogP contribution < -0.4 is 5.73 Å². The minimum absolute atomic E-state index is 0.317. The Labute approximate surface area is 109 Å². The van der Waals surface area contributed by atoms with E-state index in [1.165, 1.54) is 12.8 Å². The van der Waals surface area contributed by atoms with Crippen molar-refractivity contribution < 1.29 is 9.84 Å². The van der Waals surface area contributed by atoms with Crippen LogP contribution in [0.4, 0.5) is 5.69 Å². The fourth-order valence-corrected chi connectivity index (χ4v) is 2.49. The fourth-order valence-electron chi connectivity index (χ4n) is 2.49. The van der Waals surface area contributed by atoms with Crippen molar-refractivity contribution >= 4 is 5.69 Å². The summed E-state index contributed by atoms with van der Waals surface area (Å²) in [6.45, 7) is 2.65. The van der Waals surface area contributed by atoms with Gasteiger partial charge in [-0.25, -0.2) is 0 Å². The van der Waals surface area contributed by atoms with E-state index < -0.39 is 6.10 Å². The van der Waals surface area contributed by atoms with E-state index in [2.05, 4.69) is 6.92 Å². The standard InChI is InChI=1S/C15H23NO2/c1-11-5-7-14(8-6-11)18-10-15(17)12-3-2-4-13(16)9-12/h2-4,9,11,14-15,17H,5-8,10,16H2,1H3. The maximum Gasteiger partial charge on any atom is 0.102 e. The third-order valence-corrected chi connectivity index (χ3v) is 3.75. The number of aliphatic hydroxyl groups excluding tert-OH is 1. The fraction of sp³-hybridized carbons (Fsp3) is 0.600. The molecule has 3 heteroatoms. The molecule has 0 bridgehead atoms. The SMILES string of the molecule is CC1CCC(OCC(O)c2cccc(N)c2)CC1. The highest BCUT2D eigenvalue weighted by Gasteiger charge is 2.19. The minimum Gasteiger partial charge on any atom is -0.399 e. The average molecular weight is 249 g/mol. The smallest absolute Gasteiger partial charge is 0.102 e. The number of hydrogen-bond acceptors (Lipinski definition) is 3. The lowest BCUT2D eigenvalue weighted by molar-refractivity contribution is -0.0293. The van der Waals surface area contributed by atoms with Crippen molar-refractivity contribution in [1.82, 2.24) is 0 Å². The van der Waals surface area contributed by atoms with Crippen LogP contribution in [-0.4, -0.2) is 17.8 Å². The molecular weight excluding hydrogens is 226 g/mol. The van der Waals surface area contributed by atoms with E-state index in [1.54, 1.807) is 6.07 Å².